The highest BCUT2D eigenvalue weighted by Gasteiger charge is 2.12. The third kappa shape index (κ3) is 2.71. The molecule has 2 rings (SSSR count). The molecule has 0 unspecified atom stereocenters. The van der Waals surface area contributed by atoms with Crippen LogP contribution >= 0.6 is 11.6 Å². The normalized spacial score (nSPS) is 10.2. The zero-order valence-corrected chi connectivity index (χ0v) is 10.3. The summed E-state index contributed by atoms with van der Waals surface area (Å²) >= 11 is 5.99. The van der Waals surface area contributed by atoms with Gasteiger partial charge in [0.25, 0.3) is 5.69 Å². The zero-order chi connectivity index (χ0) is 14.0. The summed E-state index contributed by atoms with van der Waals surface area (Å²) in [7, 11) is 0. The molecule has 0 amide bonds. The molecule has 0 fully saturated rings. The summed E-state index contributed by atoms with van der Waals surface area (Å²) in [5, 5.41) is 19.7. The van der Waals surface area contributed by atoms with Crippen molar-refractivity contribution in [2.45, 2.75) is 0 Å². The Morgan fingerprint density at radius 3 is 2.53 bits per heavy atom. The minimum atomic E-state index is -1.04. The number of nitro groups is 1. The molecule has 0 aliphatic carbocycles. The number of nitrogens with zero attached hydrogens (tertiary/aromatic N) is 1. The molecule has 2 aromatic carbocycles. The Morgan fingerprint density at radius 2 is 1.95 bits per heavy atom. The maximum atomic E-state index is 10.9. The molecule has 0 saturated heterocycles. The van der Waals surface area contributed by atoms with Crippen molar-refractivity contribution < 1.29 is 14.8 Å². The first-order valence-electron chi connectivity index (χ1n) is 5.26. The van der Waals surface area contributed by atoms with Crippen LogP contribution in [0, 0.1) is 10.1 Å². The van der Waals surface area contributed by atoms with Gasteiger partial charge in [0.15, 0.2) is 0 Å². The highest BCUT2D eigenvalue weighted by molar-refractivity contribution is 6.33. The van der Waals surface area contributed by atoms with E-state index in [0.717, 1.165) is 0 Å². The highest BCUT2D eigenvalue weighted by atomic mass is 35.5. The summed E-state index contributed by atoms with van der Waals surface area (Å²) < 4.78 is 0. The summed E-state index contributed by atoms with van der Waals surface area (Å²) in [5.74, 6) is -1.04. The van der Waals surface area contributed by atoms with E-state index in [1.807, 2.05) is 0 Å². The van der Waals surface area contributed by atoms with Gasteiger partial charge in [-0.05, 0) is 23.8 Å². The van der Waals surface area contributed by atoms with Crippen LogP contribution in [0.1, 0.15) is 10.4 Å². The Labute approximate surface area is 113 Å². The van der Waals surface area contributed by atoms with Crippen molar-refractivity contribution in [2.24, 2.45) is 0 Å². The SMILES string of the molecule is O=C(O)c1cccc(-c2ccc([N+](=O)[O-])cc2Cl)c1. The molecule has 0 aromatic heterocycles. The second-order valence-electron chi connectivity index (χ2n) is 3.81. The van der Waals surface area contributed by atoms with Gasteiger partial charge < -0.3 is 5.11 Å². The minimum absolute atomic E-state index is 0.108. The number of benzene rings is 2. The molecule has 6 heteroatoms. The fraction of sp³-hybridized carbons (Fsp3) is 0. The molecule has 0 saturated carbocycles. The predicted octanol–water partition coefficient (Wildman–Crippen LogP) is 3.61. The lowest BCUT2D eigenvalue weighted by molar-refractivity contribution is -0.384. The average Bonchev–Trinajstić information content (AvgIpc) is 2.38. The maximum Gasteiger partial charge on any atom is 0.335 e. The van der Waals surface area contributed by atoms with Crippen LogP contribution in [0.15, 0.2) is 42.5 Å². The van der Waals surface area contributed by atoms with Gasteiger partial charge in [-0.1, -0.05) is 23.7 Å². The van der Waals surface area contributed by atoms with Crippen LogP contribution in [-0.4, -0.2) is 16.0 Å². The Hall–Kier alpha value is -2.40. The second-order valence-corrected chi connectivity index (χ2v) is 4.21. The number of rotatable bonds is 3. The van der Waals surface area contributed by atoms with E-state index in [-0.39, 0.29) is 16.3 Å². The van der Waals surface area contributed by atoms with Gasteiger partial charge in [0, 0.05) is 17.7 Å². The first-order chi connectivity index (χ1) is 8.99. The molecule has 0 heterocycles. The van der Waals surface area contributed by atoms with Crippen molar-refractivity contribution in [3.63, 3.8) is 0 Å². The van der Waals surface area contributed by atoms with E-state index in [2.05, 4.69) is 0 Å². The summed E-state index contributed by atoms with van der Waals surface area (Å²) in [6.07, 6.45) is 0. The second kappa shape index (κ2) is 5.07. The lowest BCUT2D eigenvalue weighted by atomic mass is 10.0. The van der Waals surface area contributed by atoms with Crippen LogP contribution in [0.2, 0.25) is 5.02 Å². The number of aromatic carboxylic acids is 1. The molecular weight excluding hydrogens is 270 g/mol. The molecule has 0 atom stereocenters. The Kier molecular flexibility index (Phi) is 3.48. The number of carboxylic acids is 1. The number of carbonyl (C=O) groups is 1. The molecule has 0 aliphatic rings. The molecule has 19 heavy (non-hydrogen) atoms. The van der Waals surface area contributed by atoms with E-state index in [1.165, 1.54) is 30.3 Å². The van der Waals surface area contributed by atoms with E-state index in [0.29, 0.717) is 11.1 Å². The van der Waals surface area contributed by atoms with Crippen molar-refractivity contribution in [3.8, 4) is 11.1 Å². The molecule has 0 bridgehead atoms. The van der Waals surface area contributed by atoms with Gasteiger partial charge in [0.2, 0.25) is 0 Å². The van der Waals surface area contributed by atoms with Crippen LogP contribution in [0.25, 0.3) is 11.1 Å². The van der Waals surface area contributed by atoms with Crippen molar-refractivity contribution in [3.05, 3.63) is 63.2 Å². The first-order valence-corrected chi connectivity index (χ1v) is 5.64. The lowest BCUT2D eigenvalue weighted by Gasteiger charge is -2.05. The van der Waals surface area contributed by atoms with E-state index in [9.17, 15) is 14.9 Å². The lowest BCUT2D eigenvalue weighted by Crippen LogP contribution is -1.96. The number of nitro benzene ring substituents is 1. The third-order valence-corrected chi connectivity index (χ3v) is 2.90. The van der Waals surface area contributed by atoms with Crippen LogP contribution in [0.4, 0.5) is 5.69 Å². The number of non-ortho nitro benzene ring substituents is 1. The van der Waals surface area contributed by atoms with Crippen molar-refractivity contribution in [1.82, 2.24) is 0 Å². The largest absolute Gasteiger partial charge is 0.478 e. The minimum Gasteiger partial charge on any atom is -0.478 e. The Morgan fingerprint density at radius 1 is 1.21 bits per heavy atom. The first kappa shape index (κ1) is 13.0. The van der Waals surface area contributed by atoms with E-state index in [4.69, 9.17) is 16.7 Å². The fourth-order valence-corrected chi connectivity index (χ4v) is 1.96. The number of carboxylic acid groups (broad SMARTS) is 1. The van der Waals surface area contributed by atoms with E-state index in [1.54, 1.807) is 12.1 Å². The van der Waals surface area contributed by atoms with Gasteiger partial charge in [-0.25, -0.2) is 4.79 Å². The van der Waals surface area contributed by atoms with E-state index < -0.39 is 10.9 Å². The molecule has 0 spiro atoms. The standard InChI is InChI=1S/C13H8ClNO4/c14-12-7-10(15(18)19)4-5-11(12)8-2-1-3-9(6-8)13(16)17/h1-7H,(H,16,17). The molecule has 96 valence electrons. The topological polar surface area (TPSA) is 80.4 Å². The summed E-state index contributed by atoms with van der Waals surface area (Å²) in [6.45, 7) is 0. The highest BCUT2D eigenvalue weighted by Crippen LogP contribution is 2.31. The van der Waals surface area contributed by atoms with Gasteiger partial charge in [-0.2, -0.15) is 0 Å². The molecular formula is C13H8ClNO4. The Bertz CT molecular complexity index is 669. The zero-order valence-electron chi connectivity index (χ0n) is 9.54. The van der Waals surface area contributed by atoms with Crippen LogP contribution in [0.5, 0.6) is 0 Å². The van der Waals surface area contributed by atoms with Gasteiger partial charge in [-0.15, -0.1) is 0 Å². The third-order valence-electron chi connectivity index (χ3n) is 2.58. The molecule has 0 radical (unpaired) electrons. The van der Waals surface area contributed by atoms with Gasteiger partial charge in [0.05, 0.1) is 15.5 Å². The molecule has 1 N–H and O–H groups in total. The van der Waals surface area contributed by atoms with Crippen molar-refractivity contribution in [1.29, 1.82) is 0 Å². The number of halogens is 1. The monoisotopic (exact) mass is 277 g/mol. The molecule has 2 aromatic rings. The van der Waals surface area contributed by atoms with Gasteiger partial charge in [-0.3, -0.25) is 10.1 Å². The van der Waals surface area contributed by atoms with Gasteiger partial charge >= 0.3 is 5.97 Å². The molecule has 0 aliphatic heterocycles. The maximum absolute atomic E-state index is 10.9. The molecule has 5 nitrogen and oxygen atoms in total. The smallest absolute Gasteiger partial charge is 0.335 e. The summed E-state index contributed by atoms with van der Waals surface area (Å²) in [5.41, 5.74) is 1.17. The fourth-order valence-electron chi connectivity index (χ4n) is 1.67. The van der Waals surface area contributed by atoms with Crippen LogP contribution in [-0.2, 0) is 0 Å². The van der Waals surface area contributed by atoms with Crippen LogP contribution in [0.3, 0.4) is 0 Å². The number of hydrogen-bond acceptors (Lipinski definition) is 3. The predicted molar refractivity (Wildman–Crippen MR) is 70.5 cm³/mol. The Balaban J connectivity index is 2.50. The summed E-state index contributed by atoms with van der Waals surface area (Å²) in [4.78, 5) is 21.0. The summed E-state index contributed by atoms with van der Waals surface area (Å²) in [6, 6.07) is 10.3. The quantitative estimate of drug-likeness (QED) is 0.686. The van der Waals surface area contributed by atoms with E-state index >= 15 is 0 Å². The average molecular weight is 278 g/mol. The van der Waals surface area contributed by atoms with Crippen LogP contribution < -0.4 is 0 Å². The van der Waals surface area contributed by atoms with Gasteiger partial charge in [0.1, 0.15) is 0 Å². The van der Waals surface area contributed by atoms with Crippen molar-refractivity contribution >= 4 is 23.3 Å². The van der Waals surface area contributed by atoms with Crippen molar-refractivity contribution in [2.75, 3.05) is 0 Å². The number of hydrogen-bond donors (Lipinski definition) is 1.